The number of amides is 1. The van der Waals surface area contributed by atoms with Gasteiger partial charge in [0.2, 0.25) is 10.0 Å². The molecule has 0 spiro atoms. The average Bonchev–Trinajstić information content (AvgIpc) is 3.40. The number of hydrogen-bond donors (Lipinski definition) is 1. The van der Waals surface area contributed by atoms with Crippen LogP contribution in [0.5, 0.6) is 0 Å². The molecule has 0 radical (unpaired) electrons. The quantitative estimate of drug-likeness (QED) is 0.614. The van der Waals surface area contributed by atoms with Gasteiger partial charge in [-0.1, -0.05) is 17.7 Å². The van der Waals surface area contributed by atoms with Gasteiger partial charge < -0.3 is 4.74 Å². The maximum atomic E-state index is 12.9. The van der Waals surface area contributed by atoms with E-state index in [4.69, 9.17) is 16.3 Å². The standard InChI is InChI=1S/C18H16ClN3O4S3/c19-14-4-3-12(29(24,25)22-5-7-26-8-6-22)10-13(14)17(23)21-18-20-15(11-28-18)16-2-1-9-27-16/h1-4,9-11H,5-8H2,(H,20,21,23). The van der Waals surface area contributed by atoms with Crippen molar-refractivity contribution in [2.24, 2.45) is 0 Å². The molecule has 1 saturated heterocycles. The Morgan fingerprint density at radius 3 is 2.72 bits per heavy atom. The van der Waals surface area contributed by atoms with Crippen LogP contribution in [0.3, 0.4) is 0 Å². The Balaban J connectivity index is 1.56. The van der Waals surface area contributed by atoms with E-state index in [1.165, 1.54) is 33.8 Å². The monoisotopic (exact) mass is 469 g/mol. The Morgan fingerprint density at radius 1 is 1.21 bits per heavy atom. The summed E-state index contributed by atoms with van der Waals surface area (Å²) < 4.78 is 32.3. The summed E-state index contributed by atoms with van der Waals surface area (Å²) in [7, 11) is -3.73. The van der Waals surface area contributed by atoms with Crippen molar-refractivity contribution in [2.75, 3.05) is 31.6 Å². The van der Waals surface area contributed by atoms with Crippen LogP contribution in [-0.4, -0.2) is 49.9 Å². The summed E-state index contributed by atoms with van der Waals surface area (Å²) in [6.07, 6.45) is 0. The Bertz CT molecular complexity index is 1120. The minimum Gasteiger partial charge on any atom is -0.379 e. The molecule has 3 aromatic rings. The number of morpholine rings is 1. The van der Waals surface area contributed by atoms with Crippen molar-refractivity contribution in [3.05, 3.63) is 51.7 Å². The molecule has 7 nitrogen and oxygen atoms in total. The summed E-state index contributed by atoms with van der Waals surface area (Å²) in [4.78, 5) is 18.2. The van der Waals surface area contributed by atoms with E-state index < -0.39 is 15.9 Å². The van der Waals surface area contributed by atoms with Crippen LogP contribution in [0.1, 0.15) is 10.4 Å². The van der Waals surface area contributed by atoms with Gasteiger partial charge in [-0.15, -0.1) is 22.7 Å². The number of anilines is 1. The van der Waals surface area contributed by atoms with Crippen molar-refractivity contribution >= 4 is 55.3 Å². The second-order valence-corrected chi connectivity index (χ2v) is 10.3. The van der Waals surface area contributed by atoms with Gasteiger partial charge in [-0.3, -0.25) is 10.1 Å². The van der Waals surface area contributed by atoms with Crippen LogP contribution in [0.2, 0.25) is 5.02 Å². The van der Waals surface area contributed by atoms with Gasteiger partial charge in [0.25, 0.3) is 5.91 Å². The predicted octanol–water partition coefficient (Wildman–Crippen LogP) is 3.80. The molecule has 3 heterocycles. The number of hydrogen-bond acceptors (Lipinski definition) is 7. The number of thiazole rings is 1. The first kappa shape index (κ1) is 20.5. The van der Waals surface area contributed by atoms with E-state index in [1.54, 1.807) is 11.3 Å². The minimum absolute atomic E-state index is 0.0207. The molecule has 1 aliphatic heterocycles. The number of aromatic nitrogens is 1. The van der Waals surface area contributed by atoms with E-state index in [1.807, 2.05) is 22.9 Å². The molecule has 11 heteroatoms. The fourth-order valence-electron chi connectivity index (χ4n) is 2.81. The Kier molecular flexibility index (Phi) is 6.00. The summed E-state index contributed by atoms with van der Waals surface area (Å²) in [5.41, 5.74) is 0.851. The fraction of sp³-hybridized carbons (Fsp3) is 0.222. The van der Waals surface area contributed by atoms with Gasteiger partial charge in [0.1, 0.15) is 0 Å². The maximum Gasteiger partial charge on any atom is 0.259 e. The summed E-state index contributed by atoms with van der Waals surface area (Å²) in [6, 6.07) is 8.00. The lowest BCUT2D eigenvalue weighted by Gasteiger charge is -2.26. The van der Waals surface area contributed by atoms with Gasteiger partial charge in [0.05, 0.1) is 39.3 Å². The number of ether oxygens (including phenoxy) is 1. The molecule has 1 aromatic carbocycles. The van der Waals surface area contributed by atoms with Gasteiger partial charge in [-0.25, -0.2) is 13.4 Å². The van der Waals surface area contributed by atoms with Crippen molar-refractivity contribution in [1.82, 2.24) is 9.29 Å². The molecule has 1 fully saturated rings. The van der Waals surface area contributed by atoms with Gasteiger partial charge in [0.15, 0.2) is 5.13 Å². The smallest absolute Gasteiger partial charge is 0.259 e. The molecule has 0 atom stereocenters. The van der Waals surface area contributed by atoms with Crippen LogP contribution in [0, 0.1) is 0 Å². The third-order valence-corrected chi connectivity index (χ3v) is 8.16. The molecular formula is C18H16ClN3O4S3. The van der Waals surface area contributed by atoms with Gasteiger partial charge in [0, 0.05) is 18.5 Å². The number of thiophene rings is 1. The molecular weight excluding hydrogens is 454 g/mol. The number of rotatable bonds is 5. The summed E-state index contributed by atoms with van der Waals surface area (Å²) in [6.45, 7) is 1.24. The Hall–Kier alpha value is -1.82. The molecule has 0 aliphatic carbocycles. The molecule has 2 aromatic heterocycles. The summed E-state index contributed by atoms with van der Waals surface area (Å²) in [5, 5.41) is 7.08. The van der Waals surface area contributed by atoms with Crippen LogP contribution in [0.15, 0.2) is 46.0 Å². The van der Waals surface area contributed by atoms with Crippen molar-refractivity contribution in [3.63, 3.8) is 0 Å². The molecule has 0 saturated carbocycles. The van der Waals surface area contributed by atoms with E-state index in [0.717, 1.165) is 10.6 Å². The van der Waals surface area contributed by atoms with Crippen LogP contribution in [0.25, 0.3) is 10.6 Å². The molecule has 29 heavy (non-hydrogen) atoms. The number of carbonyl (C=O) groups excluding carboxylic acids is 1. The van der Waals surface area contributed by atoms with Crippen LogP contribution in [-0.2, 0) is 14.8 Å². The van der Waals surface area contributed by atoms with Crippen LogP contribution in [0.4, 0.5) is 5.13 Å². The van der Waals surface area contributed by atoms with E-state index in [-0.39, 0.29) is 28.6 Å². The average molecular weight is 470 g/mol. The summed E-state index contributed by atoms with van der Waals surface area (Å²) >= 11 is 9.02. The number of halogens is 1. The SMILES string of the molecule is O=C(Nc1nc(-c2cccs2)cs1)c1cc(S(=O)(=O)N2CCOCC2)ccc1Cl. The zero-order chi connectivity index (χ0) is 20.4. The van der Waals surface area contributed by atoms with Gasteiger partial charge >= 0.3 is 0 Å². The topological polar surface area (TPSA) is 88.6 Å². The first-order valence-electron chi connectivity index (χ1n) is 8.63. The first-order chi connectivity index (χ1) is 13.9. The number of carbonyl (C=O) groups is 1. The van der Waals surface area contributed by atoms with E-state index in [9.17, 15) is 13.2 Å². The lowest BCUT2D eigenvalue weighted by molar-refractivity contribution is 0.0730. The van der Waals surface area contributed by atoms with E-state index in [2.05, 4.69) is 10.3 Å². The van der Waals surface area contributed by atoms with Crippen molar-refractivity contribution in [1.29, 1.82) is 0 Å². The maximum absolute atomic E-state index is 12.9. The van der Waals surface area contributed by atoms with Crippen molar-refractivity contribution < 1.29 is 17.9 Å². The Morgan fingerprint density at radius 2 is 2.00 bits per heavy atom. The fourth-order valence-corrected chi connectivity index (χ4v) is 5.91. The largest absolute Gasteiger partial charge is 0.379 e. The first-order valence-corrected chi connectivity index (χ1v) is 12.2. The molecule has 4 rings (SSSR count). The van der Waals surface area contributed by atoms with Gasteiger partial charge in [-0.2, -0.15) is 4.31 Å². The highest BCUT2D eigenvalue weighted by atomic mass is 35.5. The number of benzene rings is 1. The predicted molar refractivity (Wildman–Crippen MR) is 114 cm³/mol. The molecule has 1 amide bonds. The highest BCUT2D eigenvalue weighted by Gasteiger charge is 2.27. The highest BCUT2D eigenvalue weighted by molar-refractivity contribution is 7.89. The van der Waals surface area contributed by atoms with Crippen LogP contribution < -0.4 is 5.32 Å². The second-order valence-electron chi connectivity index (χ2n) is 6.13. The lowest BCUT2D eigenvalue weighted by Crippen LogP contribution is -2.40. The third-order valence-electron chi connectivity index (χ3n) is 4.29. The highest BCUT2D eigenvalue weighted by Crippen LogP contribution is 2.29. The van der Waals surface area contributed by atoms with E-state index >= 15 is 0 Å². The van der Waals surface area contributed by atoms with Crippen molar-refractivity contribution in [3.8, 4) is 10.6 Å². The molecule has 1 N–H and O–H groups in total. The van der Waals surface area contributed by atoms with E-state index in [0.29, 0.717) is 18.3 Å². The number of sulfonamides is 1. The van der Waals surface area contributed by atoms with Crippen LogP contribution >= 0.6 is 34.3 Å². The number of nitrogens with zero attached hydrogens (tertiary/aromatic N) is 2. The molecule has 0 bridgehead atoms. The zero-order valence-electron chi connectivity index (χ0n) is 15.0. The second kappa shape index (κ2) is 8.50. The lowest BCUT2D eigenvalue weighted by atomic mass is 10.2. The summed E-state index contributed by atoms with van der Waals surface area (Å²) in [5.74, 6) is -0.513. The Labute approximate surface area is 181 Å². The van der Waals surface area contributed by atoms with Gasteiger partial charge in [-0.05, 0) is 29.6 Å². The number of nitrogens with one attached hydrogen (secondary N) is 1. The third kappa shape index (κ3) is 4.37. The molecule has 0 unspecified atom stereocenters. The normalized spacial score (nSPS) is 15.3. The van der Waals surface area contributed by atoms with Crippen molar-refractivity contribution in [2.45, 2.75) is 4.90 Å². The minimum atomic E-state index is -3.73. The molecule has 152 valence electrons. The molecule has 1 aliphatic rings. The zero-order valence-corrected chi connectivity index (χ0v) is 18.2.